The smallest absolute Gasteiger partial charge is 0.272 e. The van der Waals surface area contributed by atoms with Crippen molar-refractivity contribution in [2.75, 3.05) is 7.11 Å². The number of rotatable bonds is 7. The van der Waals surface area contributed by atoms with E-state index in [1.54, 1.807) is 36.4 Å². The molecular weight excluding hydrogens is 491 g/mol. The summed E-state index contributed by atoms with van der Waals surface area (Å²) in [5.74, 6) is 0.523. The molecule has 0 aromatic heterocycles. The first-order valence-corrected chi connectivity index (χ1v) is 10.4. The minimum Gasteiger partial charge on any atom is -0.493 e. The Morgan fingerprint density at radius 3 is 2.67 bits per heavy atom. The van der Waals surface area contributed by atoms with Crippen molar-refractivity contribution >= 4 is 51.3 Å². The van der Waals surface area contributed by atoms with Crippen LogP contribution in [-0.4, -0.2) is 19.2 Å². The maximum absolute atomic E-state index is 12.2. The number of hydrogen-bond donors (Lipinski definition) is 1. The molecular formula is C22H17BrCl2N2O3. The zero-order valence-electron chi connectivity index (χ0n) is 15.9. The summed E-state index contributed by atoms with van der Waals surface area (Å²) in [5, 5.41) is 4.98. The zero-order valence-corrected chi connectivity index (χ0v) is 19.0. The maximum atomic E-state index is 12.2. The van der Waals surface area contributed by atoms with Gasteiger partial charge in [0.25, 0.3) is 5.91 Å². The summed E-state index contributed by atoms with van der Waals surface area (Å²) in [5.41, 5.74) is 4.51. The molecule has 1 N–H and O–H groups in total. The second-order valence-corrected chi connectivity index (χ2v) is 7.83. The van der Waals surface area contributed by atoms with E-state index in [0.717, 1.165) is 5.56 Å². The molecule has 0 saturated carbocycles. The maximum Gasteiger partial charge on any atom is 0.272 e. The van der Waals surface area contributed by atoms with Crippen molar-refractivity contribution in [3.8, 4) is 11.5 Å². The summed E-state index contributed by atoms with van der Waals surface area (Å²) in [7, 11) is 1.52. The first-order chi connectivity index (χ1) is 14.5. The second-order valence-electron chi connectivity index (χ2n) is 6.13. The van der Waals surface area contributed by atoms with Crippen LogP contribution >= 0.6 is 39.1 Å². The van der Waals surface area contributed by atoms with Crippen molar-refractivity contribution < 1.29 is 14.3 Å². The molecule has 0 spiro atoms. The molecule has 0 aliphatic heterocycles. The second kappa shape index (κ2) is 10.5. The highest BCUT2D eigenvalue weighted by atomic mass is 79.9. The van der Waals surface area contributed by atoms with Crippen LogP contribution in [0.2, 0.25) is 10.0 Å². The van der Waals surface area contributed by atoms with E-state index in [-0.39, 0.29) is 12.5 Å². The van der Waals surface area contributed by atoms with Crippen LogP contribution in [0.15, 0.2) is 70.2 Å². The fourth-order valence-corrected chi connectivity index (χ4v) is 3.56. The lowest BCUT2D eigenvalue weighted by Gasteiger charge is -2.13. The minimum atomic E-state index is -0.335. The van der Waals surface area contributed by atoms with E-state index in [9.17, 15) is 4.79 Å². The SMILES string of the molecule is COc1cc(/C=N/NC(=O)c2ccccc2Br)cc(Cl)c1OCc1cccc(Cl)c1. The van der Waals surface area contributed by atoms with Crippen molar-refractivity contribution in [3.05, 3.63) is 91.9 Å². The van der Waals surface area contributed by atoms with Crippen LogP contribution in [0, 0.1) is 0 Å². The highest BCUT2D eigenvalue weighted by Gasteiger charge is 2.12. The monoisotopic (exact) mass is 506 g/mol. The first-order valence-electron chi connectivity index (χ1n) is 8.80. The molecule has 0 atom stereocenters. The van der Waals surface area contributed by atoms with Crippen LogP contribution in [0.4, 0.5) is 0 Å². The number of amides is 1. The molecule has 0 unspecified atom stereocenters. The van der Waals surface area contributed by atoms with Gasteiger partial charge in [0.15, 0.2) is 11.5 Å². The van der Waals surface area contributed by atoms with Gasteiger partial charge in [-0.05, 0) is 63.5 Å². The molecule has 0 radical (unpaired) electrons. The lowest BCUT2D eigenvalue weighted by molar-refractivity contribution is 0.0954. The predicted molar refractivity (Wildman–Crippen MR) is 123 cm³/mol. The van der Waals surface area contributed by atoms with Gasteiger partial charge in [0, 0.05) is 9.50 Å². The van der Waals surface area contributed by atoms with Crippen LogP contribution < -0.4 is 14.9 Å². The van der Waals surface area contributed by atoms with Crippen molar-refractivity contribution in [1.29, 1.82) is 0 Å². The number of hydrogen-bond acceptors (Lipinski definition) is 4. The number of nitrogens with one attached hydrogen (secondary N) is 1. The van der Waals surface area contributed by atoms with Gasteiger partial charge in [-0.15, -0.1) is 0 Å². The Bertz CT molecular complexity index is 1090. The average Bonchev–Trinajstić information content (AvgIpc) is 2.73. The van der Waals surface area contributed by atoms with Gasteiger partial charge in [0.05, 0.1) is 23.9 Å². The minimum absolute atomic E-state index is 0.284. The summed E-state index contributed by atoms with van der Waals surface area (Å²) in [6, 6.07) is 17.8. The Morgan fingerprint density at radius 1 is 1.13 bits per heavy atom. The van der Waals surface area contributed by atoms with Gasteiger partial charge in [0.1, 0.15) is 6.61 Å². The highest BCUT2D eigenvalue weighted by molar-refractivity contribution is 9.10. The Morgan fingerprint density at radius 2 is 1.93 bits per heavy atom. The van der Waals surface area contributed by atoms with Crippen LogP contribution in [0.1, 0.15) is 21.5 Å². The predicted octanol–water partition coefficient (Wildman–Crippen LogP) is 6.11. The molecule has 8 heteroatoms. The summed E-state index contributed by atoms with van der Waals surface area (Å²) < 4.78 is 11.9. The van der Waals surface area contributed by atoms with E-state index in [4.69, 9.17) is 32.7 Å². The summed E-state index contributed by atoms with van der Waals surface area (Å²) in [4.78, 5) is 12.2. The molecule has 5 nitrogen and oxygen atoms in total. The number of halogens is 3. The van der Waals surface area contributed by atoms with E-state index < -0.39 is 0 Å². The molecule has 0 aliphatic rings. The lowest BCUT2D eigenvalue weighted by atomic mass is 10.2. The number of nitrogens with zero attached hydrogens (tertiary/aromatic N) is 1. The highest BCUT2D eigenvalue weighted by Crippen LogP contribution is 2.36. The normalized spacial score (nSPS) is 10.8. The third-order valence-corrected chi connectivity index (χ3v) is 5.23. The number of hydrazone groups is 1. The van der Waals surface area contributed by atoms with Crippen molar-refractivity contribution in [3.63, 3.8) is 0 Å². The van der Waals surface area contributed by atoms with Crippen molar-refractivity contribution in [2.24, 2.45) is 5.10 Å². The molecule has 3 aromatic carbocycles. The van der Waals surface area contributed by atoms with Crippen molar-refractivity contribution in [2.45, 2.75) is 6.61 Å². The molecule has 3 aromatic rings. The molecule has 0 saturated heterocycles. The molecule has 154 valence electrons. The van der Waals surface area contributed by atoms with Crippen LogP contribution in [-0.2, 0) is 6.61 Å². The van der Waals surface area contributed by atoms with Crippen molar-refractivity contribution in [1.82, 2.24) is 5.43 Å². The van der Waals surface area contributed by atoms with Gasteiger partial charge >= 0.3 is 0 Å². The van der Waals surface area contributed by atoms with E-state index >= 15 is 0 Å². The zero-order chi connectivity index (χ0) is 21.5. The van der Waals surface area contributed by atoms with Gasteiger partial charge in [-0.2, -0.15) is 5.10 Å². The van der Waals surface area contributed by atoms with E-state index in [1.165, 1.54) is 13.3 Å². The number of carbonyl (C=O) groups excluding carboxylic acids is 1. The van der Waals surface area contributed by atoms with Gasteiger partial charge in [-0.25, -0.2) is 5.43 Å². The molecule has 3 rings (SSSR count). The van der Waals surface area contributed by atoms with Crippen LogP contribution in [0.25, 0.3) is 0 Å². The fraction of sp³-hybridized carbons (Fsp3) is 0.0909. The van der Waals surface area contributed by atoms with Gasteiger partial charge in [-0.1, -0.05) is 47.5 Å². The van der Waals surface area contributed by atoms with Crippen LogP contribution in [0.5, 0.6) is 11.5 Å². The van der Waals surface area contributed by atoms with Gasteiger partial charge < -0.3 is 9.47 Å². The number of methoxy groups -OCH3 is 1. The third-order valence-electron chi connectivity index (χ3n) is 4.02. The van der Waals surface area contributed by atoms with Gasteiger partial charge in [-0.3, -0.25) is 4.79 Å². The lowest BCUT2D eigenvalue weighted by Crippen LogP contribution is -2.18. The largest absolute Gasteiger partial charge is 0.493 e. The molecule has 30 heavy (non-hydrogen) atoms. The third kappa shape index (κ3) is 5.75. The Labute approximate surface area is 192 Å². The Kier molecular flexibility index (Phi) is 7.74. The Hall–Kier alpha value is -2.54. The quantitative estimate of drug-likeness (QED) is 0.310. The average molecular weight is 508 g/mol. The summed E-state index contributed by atoms with van der Waals surface area (Å²) >= 11 is 15.7. The topological polar surface area (TPSA) is 59.9 Å². The van der Waals surface area contributed by atoms with Crippen LogP contribution in [0.3, 0.4) is 0 Å². The summed E-state index contributed by atoms with van der Waals surface area (Å²) in [6.45, 7) is 0.284. The molecule has 0 aliphatic carbocycles. The van der Waals surface area contributed by atoms with E-state index in [0.29, 0.717) is 37.1 Å². The van der Waals surface area contributed by atoms with Gasteiger partial charge in [0.2, 0.25) is 0 Å². The summed E-state index contributed by atoms with van der Waals surface area (Å²) in [6.07, 6.45) is 1.48. The molecule has 0 fully saturated rings. The number of carbonyl (C=O) groups is 1. The molecule has 0 bridgehead atoms. The fourth-order valence-electron chi connectivity index (χ4n) is 2.61. The standard InChI is InChI=1S/C22H17BrCl2N2O3/c1-29-20-11-15(12-26-27-22(28)17-7-2-3-8-18(17)23)10-19(25)21(20)30-13-14-5-4-6-16(24)9-14/h2-12H,13H2,1H3,(H,27,28)/b26-12+. The number of ether oxygens (including phenoxy) is 2. The van der Waals surface area contributed by atoms with E-state index in [1.807, 2.05) is 24.3 Å². The molecule has 1 amide bonds. The van der Waals surface area contributed by atoms with E-state index in [2.05, 4.69) is 26.5 Å². The molecule has 0 heterocycles. The first kappa shape index (κ1) is 22.2. The number of benzene rings is 3. The Balaban J connectivity index is 1.71.